The first-order chi connectivity index (χ1) is 14.4. The van der Waals surface area contributed by atoms with E-state index in [1.807, 2.05) is 30.3 Å². The van der Waals surface area contributed by atoms with Gasteiger partial charge in [0.2, 0.25) is 0 Å². The van der Waals surface area contributed by atoms with Gasteiger partial charge in [-0.2, -0.15) is 0 Å². The number of carboxylic acids is 2. The number of aryl methyl sites for hydroxylation is 1. The Labute approximate surface area is 169 Å². The lowest BCUT2D eigenvalue weighted by atomic mass is 9.93. The van der Waals surface area contributed by atoms with Crippen molar-refractivity contribution in [2.24, 2.45) is 5.92 Å². The first-order valence-electron chi connectivity index (χ1n) is 9.14. The maximum Gasteiger partial charge on any atom is 0.318 e. The summed E-state index contributed by atoms with van der Waals surface area (Å²) in [5.41, 5.74) is 3.25. The minimum atomic E-state index is -1.69. The van der Waals surface area contributed by atoms with Crippen molar-refractivity contribution in [2.75, 3.05) is 0 Å². The van der Waals surface area contributed by atoms with E-state index in [1.165, 1.54) is 18.2 Å². The third-order valence-electron chi connectivity index (χ3n) is 5.03. The summed E-state index contributed by atoms with van der Waals surface area (Å²) in [5.74, 6) is -4.67. The first-order valence-corrected chi connectivity index (χ1v) is 9.14. The Morgan fingerprint density at radius 3 is 2.50 bits per heavy atom. The van der Waals surface area contributed by atoms with Crippen LogP contribution in [0.25, 0.3) is 33.4 Å². The third kappa shape index (κ3) is 3.32. The molecule has 0 saturated heterocycles. The number of benzene rings is 2. The molecule has 2 heterocycles. The van der Waals surface area contributed by atoms with Crippen molar-refractivity contribution in [2.45, 2.75) is 13.3 Å². The Bertz CT molecular complexity index is 1250. The van der Waals surface area contributed by atoms with Gasteiger partial charge in [0, 0.05) is 16.5 Å². The van der Waals surface area contributed by atoms with E-state index < -0.39 is 23.7 Å². The van der Waals surface area contributed by atoms with Crippen LogP contribution in [0.1, 0.15) is 11.3 Å². The molecule has 0 spiro atoms. The zero-order valence-corrected chi connectivity index (χ0v) is 15.8. The quantitative estimate of drug-likeness (QED) is 0.410. The van der Waals surface area contributed by atoms with E-state index in [9.17, 15) is 24.2 Å². The summed E-state index contributed by atoms with van der Waals surface area (Å²) in [4.78, 5) is 26.2. The van der Waals surface area contributed by atoms with Crippen molar-refractivity contribution < 1.29 is 28.7 Å². The fourth-order valence-electron chi connectivity index (χ4n) is 3.59. The van der Waals surface area contributed by atoms with Crippen LogP contribution in [0.4, 0.5) is 4.39 Å². The Morgan fingerprint density at radius 1 is 1.13 bits per heavy atom. The van der Waals surface area contributed by atoms with Crippen molar-refractivity contribution in [3.05, 3.63) is 65.7 Å². The molecule has 0 aliphatic heterocycles. The Morgan fingerprint density at radius 2 is 1.83 bits per heavy atom. The SMILES string of the molecule is Cc1onc(-c2ccccc2)c1-c1[nH]c2ccc(F)cc2c1CC(C(=O)O)C(=O)O. The molecule has 0 radical (unpaired) electrons. The second-order valence-electron chi connectivity index (χ2n) is 6.93. The van der Waals surface area contributed by atoms with E-state index in [0.717, 1.165) is 5.56 Å². The van der Waals surface area contributed by atoms with E-state index in [-0.39, 0.29) is 6.42 Å². The topological polar surface area (TPSA) is 116 Å². The summed E-state index contributed by atoms with van der Waals surface area (Å²) in [7, 11) is 0. The lowest BCUT2D eigenvalue weighted by Crippen LogP contribution is -2.25. The zero-order chi connectivity index (χ0) is 21.4. The van der Waals surface area contributed by atoms with Crippen molar-refractivity contribution in [3.8, 4) is 22.5 Å². The molecule has 0 atom stereocenters. The van der Waals surface area contributed by atoms with Gasteiger partial charge in [0.15, 0.2) is 5.92 Å². The predicted molar refractivity (Wildman–Crippen MR) is 106 cm³/mol. The highest BCUT2D eigenvalue weighted by molar-refractivity contribution is 5.97. The van der Waals surface area contributed by atoms with Gasteiger partial charge in [-0.15, -0.1) is 0 Å². The molecule has 152 valence electrons. The number of rotatable bonds is 6. The monoisotopic (exact) mass is 408 g/mol. The fraction of sp³-hybridized carbons (Fsp3) is 0.136. The minimum absolute atomic E-state index is 0.331. The maximum absolute atomic E-state index is 14.0. The molecule has 8 heteroatoms. The Kier molecular flexibility index (Phi) is 4.83. The lowest BCUT2D eigenvalue weighted by Gasteiger charge is -2.10. The average molecular weight is 408 g/mol. The van der Waals surface area contributed by atoms with Crippen LogP contribution in [0.3, 0.4) is 0 Å². The standard InChI is InChI=1S/C22H17FN2O5/c1-11-18(19(25-30-11)12-5-3-2-4-6-12)20-15(10-16(21(26)27)22(28)29)14-9-13(23)7-8-17(14)24-20/h2-9,16,24H,10H2,1H3,(H,26,27)(H,28,29). The number of hydrogen-bond acceptors (Lipinski definition) is 4. The molecule has 7 nitrogen and oxygen atoms in total. The number of aromatic amines is 1. The maximum atomic E-state index is 14.0. The Hall–Kier alpha value is -3.94. The molecule has 0 aliphatic rings. The molecular weight excluding hydrogens is 391 g/mol. The first kappa shape index (κ1) is 19.4. The highest BCUT2D eigenvalue weighted by Gasteiger charge is 2.31. The van der Waals surface area contributed by atoms with Gasteiger partial charge in [-0.1, -0.05) is 35.5 Å². The van der Waals surface area contributed by atoms with E-state index in [4.69, 9.17) is 4.52 Å². The minimum Gasteiger partial charge on any atom is -0.481 e. The summed E-state index contributed by atoms with van der Waals surface area (Å²) >= 11 is 0. The molecule has 4 aromatic rings. The summed E-state index contributed by atoms with van der Waals surface area (Å²) in [6.45, 7) is 1.70. The number of fused-ring (bicyclic) bond motifs is 1. The molecule has 4 rings (SSSR count). The molecule has 2 aromatic heterocycles. The number of halogens is 1. The van der Waals surface area contributed by atoms with E-state index in [0.29, 0.717) is 39.2 Å². The van der Waals surface area contributed by atoms with Gasteiger partial charge in [-0.3, -0.25) is 9.59 Å². The van der Waals surface area contributed by atoms with Crippen molar-refractivity contribution in [3.63, 3.8) is 0 Å². The van der Waals surface area contributed by atoms with Gasteiger partial charge in [0.25, 0.3) is 0 Å². The normalized spacial score (nSPS) is 11.3. The smallest absolute Gasteiger partial charge is 0.318 e. The summed E-state index contributed by atoms with van der Waals surface area (Å²) in [5, 5.41) is 23.3. The van der Waals surface area contributed by atoms with Gasteiger partial charge in [-0.05, 0) is 37.1 Å². The second kappa shape index (κ2) is 7.47. The molecule has 0 bridgehead atoms. The summed E-state index contributed by atoms with van der Waals surface area (Å²) < 4.78 is 19.4. The fourth-order valence-corrected chi connectivity index (χ4v) is 3.59. The average Bonchev–Trinajstić information content (AvgIpc) is 3.26. The highest BCUT2D eigenvalue weighted by atomic mass is 19.1. The molecule has 0 aliphatic carbocycles. The highest BCUT2D eigenvalue weighted by Crippen LogP contribution is 2.39. The van der Waals surface area contributed by atoms with Crippen molar-refractivity contribution in [1.29, 1.82) is 0 Å². The van der Waals surface area contributed by atoms with Crippen LogP contribution in [0.5, 0.6) is 0 Å². The molecule has 2 aromatic carbocycles. The lowest BCUT2D eigenvalue weighted by molar-refractivity contribution is -0.154. The summed E-state index contributed by atoms with van der Waals surface area (Å²) in [6.07, 6.45) is -0.331. The van der Waals surface area contributed by atoms with Crippen molar-refractivity contribution >= 4 is 22.8 Å². The number of carboxylic acid groups (broad SMARTS) is 2. The van der Waals surface area contributed by atoms with Gasteiger partial charge in [0.05, 0.1) is 11.3 Å². The molecule has 0 saturated carbocycles. The molecule has 0 amide bonds. The van der Waals surface area contributed by atoms with E-state index >= 15 is 0 Å². The van der Waals surface area contributed by atoms with Crippen LogP contribution < -0.4 is 0 Å². The van der Waals surface area contributed by atoms with Crippen LogP contribution in [-0.2, 0) is 16.0 Å². The molecule has 3 N–H and O–H groups in total. The third-order valence-corrected chi connectivity index (χ3v) is 5.03. The molecule has 0 fully saturated rings. The predicted octanol–water partition coefficient (Wildman–Crippen LogP) is 4.27. The number of carbonyl (C=O) groups is 2. The zero-order valence-electron chi connectivity index (χ0n) is 15.8. The van der Waals surface area contributed by atoms with Crippen LogP contribution >= 0.6 is 0 Å². The van der Waals surface area contributed by atoms with Gasteiger partial charge < -0.3 is 19.7 Å². The molecule has 30 heavy (non-hydrogen) atoms. The number of nitrogens with one attached hydrogen (secondary N) is 1. The molecular formula is C22H17FN2O5. The number of hydrogen-bond donors (Lipinski definition) is 3. The molecule has 0 unspecified atom stereocenters. The van der Waals surface area contributed by atoms with Crippen LogP contribution in [-0.4, -0.2) is 32.3 Å². The largest absolute Gasteiger partial charge is 0.481 e. The van der Waals surface area contributed by atoms with Crippen LogP contribution in [0, 0.1) is 18.7 Å². The van der Waals surface area contributed by atoms with Crippen LogP contribution in [0.2, 0.25) is 0 Å². The summed E-state index contributed by atoms with van der Waals surface area (Å²) in [6, 6.07) is 13.3. The van der Waals surface area contributed by atoms with Gasteiger partial charge in [-0.25, -0.2) is 4.39 Å². The van der Waals surface area contributed by atoms with Crippen LogP contribution in [0.15, 0.2) is 53.1 Å². The van der Waals surface area contributed by atoms with E-state index in [2.05, 4.69) is 10.1 Å². The Balaban J connectivity index is 1.98. The van der Waals surface area contributed by atoms with E-state index in [1.54, 1.807) is 6.92 Å². The number of aliphatic carboxylic acids is 2. The van der Waals surface area contributed by atoms with Gasteiger partial charge in [0.1, 0.15) is 17.3 Å². The van der Waals surface area contributed by atoms with Crippen molar-refractivity contribution in [1.82, 2.24) is 10.1 Å². The number of H-pyrrole nitrogens is 1. The number of nitrogens with zero attached hydrogens (tertiary/aromatic N) is 1. The number of aromatic nitrogens is 2. The van der Waals surface area contributed by atoms with Gasteiger partial charge >= 0.3 is 11.9 Å². The second-order valence-corrected chi connectivity index (χ2v) is 6.93.